The molecule has 4 fully saturated rings. The number of rotatable bonds is 7. The third kappa shape index (κ3) is 4.84. The Morgan fingerprint density at radius 3 is 2.49 bits per heavy atom. The van der Waals surface area contributed by atoms with Crippen LogP contribution >= 0.6 is 0 Å². The Kier molecular flexibility index (Phi) is 6.41. The maximum Gasteiger partial charge on any atom is 0.319 e. The van der Waals surface area contributed by atoms with Gasteiger partial charge in [0.15, 0.2) is 5.82 Å². The number of nitrogens with one attached hydrogen (secondary N) is 1. The Labute approximate surface area is 247 Å². The van der Waals surface area contributed by atoms with Crippen molar-refractivity contribution in [3.63, 3.8) is 0 Å². The first kappa shape index (κ1) is 27.0. The lowest BCUT2D eigenvalue weighted by molar-refractivity contribution is 0.170. The second-order valence-corrected chi connectivity index (χ2v) is 12.9. The Morgan fingerprint density at radius 2 is 1.74 bits per heavy atom. The molecule has 4 heterocycles. The van der Waals surface area contributed by atoms with Gasteiger partial charge in [-0.05, 0) is 81.3 Å². The van der Waals surface area contributed by atoms with Crippen molar-refractivity contribution >= 4 is 27.5 Å². The lowest BCUT2D eigenvalue weighted by atomic mass is 9.95. The number of anilines is 1. The number of benzene rings is 3. The van der Waals surface area contributed by atoms with Crippen LogP contribution in [0.2, 0.25) is 0 Å². The third-order valence-corrected chi connectivity index (χ3v) is 9.76. The summed E-state index contributed by atoms with van der Waals surface area (Å²) in [5, 5.41) is 14.6. The van der Waals surface area contributed by atoms with Gasteiger partial charge in [-0.15, -0.1) is 0 Å². The number of hydrogen-bond donors (Lipinski definition) is 2. The topological polar surface area (TPSA) is 73.8 Å². The maximum absolute atomic E-state index is 16.6. The summed E-state index contributed by atoms with van der Waals surface area (Å²) in [4.78, 5) is 13.8. The molecule has 224 valence electrons. The van der Waals surface area contributed by atoms with Gasteiger partial charge in [0, 0.05) is 53.5 Å². The van der Waals surface area contributed by atoms with Crippen LogP contribution in [0.4, 0.5) is 19.0 Å². The van der Waals surface area contributed by atoms with E-state index < -0.39 is 23.0 Å². The molecule has 4 aromatic rings. The molecule has 7 nitrogen and oxygen atoms in total. The van der Waals surface area contributed by atoms with Crippen LogP contribution in [0.1, 0.15) is 38.5 Å². The highest BCUT2D eigenvalue weighted by Gasteiger charge is 2.45. The summed E-state index contributed by atoms with van der Waals surface area (Å²) in [6.45, 7) is 4.93. The van der Waals surface area contributed by atoms with Gasteiger partial charge in [0.1, 0.15) is 28.7 Å². The second-order valence-electron chi connectivity index (χ2n) is 12.9. The van der Waals surface area contributed by atoms with Crippen molar-refractivity contribution in [3.8, 4) is 22.9 Å². The van der Waals surface area contributed by atoms with Gasteiger partial charge in [0.05, 0.1) is 12.2 Å². The average molecular weight is 590 g/mol. The molecule has 0 radical (unpaired) electrons. The SMILES string of the molecule is Oc1cc(-c2c(F)cc3c(N4CC5CCC(C4)N5)nc(OCC4(CN5CCCC5)CC4)nc3c2F)c2c(F)cccc2c1. The van der Waals surface area contributed by atoms with Crippen molar-refractivity contribution in [1.29, 1.82) is 0 Å². The lowest BCUT2D eigenvalue weighted by Crippen LogP contribution is -2.51. The van der Waals surface area contributed by atoms with E-state index in [1.807, 2.05) is 0 Å². The number of hydrogen-bond acceptors (Lipinski definition) is 7. The highest BCUT2D eigenvalue weighted by molar-refractivity contribution is 6.01. The smallest absolute Gasteiger partial charge is 0.319 e. The van der Waals surface area contributed by atoms with E-state index >= 15 is 13.2 Å². The first-order chi connectivity index (χ1) is 20.9. The molecule has 2 atom stereocenters. The van der Waals surface area contributed by atoms with Crippen molar-refractivity contribution < 1.29 is 23.0 Å². The van der Waals surface area contributed by atoms with Gasteiger partial charge in [-0.25, -0.2) is 13.2 Å². The average Bonchev–Trinajstić information content (AvgIpc) is 3.38. The first-order valence-electron chi connectivity index (χ1n) is 15.3. The molecule has 3 aromatic carbocycles. The quantitative estimate of drug-likeness (QED) is 0.284. The molecule has 4 aliphatic rings. The fourth-order valence-corrected chi connectivity index (χ4v) is 7.40. The largest absolute Gasteiger partial charge is 0.508 e. The van der Waals surface area contributed by atoms with Crippen LogP contribution in [0.15, 0.2) is 36.4 Å². The van der Waals surface area contributed by atoms with Crippen LogP contribution < -0.4 is 15.0 Å². The summed E-state index contributed by atoms with van der Waals surface area (Å²) in [7, 11) is 0. The van der Waals surface area contributed by atoms with Gasteiger partial charge in [-0.2, -0.15) is 9.97 Å². The van der Waals surface area contributed by atoms with Crippen molar-refractivity contribution in [1.82, 2.24) is 20.2 Å². The minimum atomic E-state index is -0.935. The van der Waals surface area contributed by atoms with Crippen LogP contribution in [0.5, 0.6) is 11.8 Å². The van der Waals surface area contributed by atoms with E-state index in [1.54, 1.807) is 6.07 Å². The molecule has 3 saturated heterocycles. The molecule has 2 unspecified atom stereocenters. The number of nitrogens with zero attached hydrogens (tertiary/aromatic N) is 4. The fourth-order valence-electron chi connectivity index (χ4n) is 7.40. The summed E-state index contributed by atoms with van der Waals surface area (Å²) in [6, 6.07) is 8.75. The number of piperazine rings is 1. The maximum atomic E-state index is 16.6. The molecule has 1 saturated carbocycles. The summed E-state index contributed by atoms with van der Waals surface area (Å²) >= 11 is 0. The molecule has 2 N–H and O–H groups in total. The van der Waals surface area contributed by atoms with Crippen molar-refractivity contribution in [2.24, 2.45) is 5.41 Å². The van der Waals surface area contributed by atoms with Gasteiger partial charge >= 0.3 is 6.01 Å². The molecular weight excluding hydrogens is 555 g/mol. The minimum absolute atomic E-state index is 0.0273. The molecule has 8 rings (SSSR count). The predicted octanol–water partition coefficient (Wildman–Crippen LogP) is 5.77. The van der Waals surface area contributed by atoms with E-state index in [9.17, 15) is 5.11 Å². The normalized spacial score (nSPS) is 23.0. The lowest BCUT2D eigenvalue weighted by Gasteiger charge is -2.34. The monoisotopic (exact) mass is 589 g/mol. The fraction of sp³-hybridized carbons (Fsp3) is 0.455. The van der Waals surface area contributed by atoms with E-state index in [2.05, 4.69) is 20.1 Å². The molecular formula is C33H34F3N5O2. The Hall–Kier alpha value is -3.63. The number of fused-ring (bicyclic) bond motifs is 4. The van der Waals surface area contributed by atoms with E-state index in [0.29, 0.717) is 30.9 Å². The Bertz CT molecular complexity index is 1730. The molecule has 0 spiro atoms. The Morgan fingerprint density at radius 1 is 0.977 bits per heavy atom. The number of phenolic OH excluding ortho intramolecular Hbond substituents is 1. The first-order valence-corrected chi connectivity index (χ1v) is 15.3. The number of likely N-dealkylation sites (tertiary alicyclic amines) is 1. The zero-order valence-corrected chi connectivity index (χ0v) is 23.9. The zero-order valence-electron chi connectivity index (χ0n) is 23.9. The van der Waals surface area contributed by atoms with Crippen LogP contribution in [0, 0.1) is 22.9 Å². The number of halogens is 3. The van der Waals surface area contributed by atoms with Gasteiger partial charge in [-0.3, -0.25) is 0 Å². The Balaban J connectivity index is 1.24. The van der Waals surface area contributed by atoms with Crippen LogP contribution in [0.3, 0.4) is 0 Å². The summed E-state index contributed by atoms with van der Waals surface area (Å²) in [6.07, 6.45) is 6.63. The number of aromatic hydroxyl groups is 1. The van der Waals surface area contributed by atoms with Crippen molar-refractivity contribution in [3.05, 3.63) is 53.8 Å². The van der Waals surface area contributed by atoms with E-state index in [0.717, 1.165) is 45.3 Å². The highest BCUT2D eigenvalue weighted by atomic mass is 19.1. The third-order valence-electron chi connectivity index (χ3n) is 9.76. The van der Waals surface area contributed by atoms with Gasteiger partial charge < -0.3 is 25.0 Å². The summed E-state index contributed by atoms with van der Waals surface area (Å²) in [5.41, 5.74) is -0.557. The number of aromatic nitrogens is 2. The molecule has 10 heteroatoms. The van der Waals surface area contributed by atoms with Gasteiger partial charge in [-0.1, -0.05) is 12.1 Å². The van der Waals surface area contributed by atoms with Crippen LogP contribution in [-0.4, -0.2) is 71.4 Å². The second kappa shape index (κ2) is 10.2. The van der Waals surface area contributed by atoms with Crippen molar-refractivity contribution in [2.75, 3.05) is 44.2 Å². The molecule has 1 aliphatic carbocycles. The molecule has 1 aromatic heterocycles. The van der Waals surface area contributed by atoms with Crippen LogP contribution in [0.25, 0.3) is 32.8 Å². The van der Waals surface area contributed by atoms with E-state index in [1.165, 1.54) is 43.2 Å². The number of phenols is 1. The predicted molar refractivity (Wildman–Crippen MR) is 159 cm³/mol. The van der Waals surface area contributed by atoms with E-state index in [-0.39, 0.29) is 51.1 Å². The van der Waals surface area contributed by atoms with Gasteiger partial charge in [0.25, 0.3) is 0 Å². The summed E-state index contributed by atoms with van der Waals surface area (Å²) in [5.74, 6) is -2.22. The van der Waals surface area contributed by atoms with Crippen LogP contribution in [-0.2, 0) is 0 Å². The molecule has 43 heavy (non-hydrogen) atoms. The zero-order chi connectivity index (χ0) is 29.3. The van der Waals surface area contributed by atoms with Gasteiger partial charge in [0.2, 0.25) is 0 Å². The van der Waals surface area contributed by atoms with Crippen molar-refractivity contribution in [2.45, 2.75) is 50.6 Å². The molecule has 3 aliphatic heterocycles. The molecule has 0 amide bonds. The highest BCUT2D eigenvalue weighted by Crippen LogP contribution is 2.47. The standard InChI is InChI=1S/C33H34F3N5O2/c34-25-5-3-4-19-12-22(42)13-23(27(19)25)28-26(35)14-24-30(29(28)36)38-32(39-31(24)41-15-20-6-7-21(16-41)37-20)43-18-33(8-9-33)17-40-10-1-2-11-40/h3-5,12-14,20-21,37,42H,1-2,6-11,15-18H2. The minimum Gasteiger partial charge on any atom is -0.508 e. The molecule has 2 bridgehead atoms. The number of ether oxygens (including phenoxy) is 1. The summed E-state index contributed by atoms with van der Waals surface area (Å²) < 4.78 is 53.9. The van der Waals surface area contributed by atoms with E-state index in [4.69, 9.17) is 9.72 Å².